The molecule has 110 valence electrons. The first-order valence-corrected chi connectivity index (χ1v) is 7.79. The number of ether oxygens (including phenoxy) is 1. The van der Waals surface area contributed by atoms with Crippen LogP contribution in [0.25, 0.3) is 0 Å². The maximum Gasteiger partial charge on any atom is 0.309 e. The molecule has 19 heavy (non-hydrogen) atoms. The molecule has 0 amide bonds. The topological polar surface area (TPSA) is 38.3 Å². The summed E-state index contributed by atoms with van der Waals surface area (Å²) in [4.78, 5) is 12.3. The van der Waals surface area contributed by atoms with E-state index in [9.17, 15) is 4.79 Å². The molecule has 2 rings (SSSR count). The lowest BCUT2D eigenvalue weighted by Gasteiger charge is -2.39. The number of rotatable bonds is 2. The highest BCUT2D eigenvalue weighted by Crippen LogP contribution is 2.40. The second-order valence-corrected chi connectivity index (χ2v) is 7.55. The Bertz CT molecular complexity index is 327. The van der Waals surface area contributed by atoms with E-state index in [2.05, 4.69) is 33.0 Å². The normalized spacial score (nSPS) is 38.7. The molecule has 0 radical (unpaired) electrons. The second-order valence-electron chi connectivity index (χ2n) is 7.55. The Labute approximate surface area is 117 Å². The van der Waals surface area contributed by atoms with Crippen LogP contribution in [0.1, 0.15) is 59.8 Å². The largest absolute Gasteiger partial charge is 0.462 e. The van der Waals surface area contributed by atoms with Crippen molar-refractivity contribution in [2.45, 2.75) is 71.9 Å². The van der Waals surface area contributed by atoms with Crippen molar-refractivity contribution in [3.8, 4) is 0 Å². The number of hydrogen-bond acceptors (Lipinski definition) is 3. The van der Waals surface area contributed by atoms with Gasteiger partial charge in [-0.25, -0.2) is 0 Å². The van der Waals surface area contributed by atoms with Crippen molar-refractivity contribution in [3.63, 3.8) is 0 Å². The molecule has 1 aliphatic heterocycles. The quantitative estimate of drug-likeness (QED) is 0.781. The van der Waals surface area contributed by atoms with Crippen LogP contribution in [0.2, 0.25) is 0 Å². The van der Waals surface area contributed by atoms with Crippen molar-refractivity contribution in [1.82, 2.24) is 5.32 Å². The SMILES string of the molecule is CC1CC(OC(=O)C2CCNC(C)C2)CC(C)(C)C1. The maximum atomic E-state index is 12.3. The smallest absolute Gasteiger partial charge is 0.309 e. The van der Waals surface area contributed by atoms with Crippen molar-refractivity contribution in [1.29, 1.82) is 0 Å². The number of hydrogen-bond donors (Lipinski definition) is 1. The fourth-order valence-electron chi connectivity index (χ4n) is 3.95. The van der Waals surface area contributed by atoms with E-state index in [0.29, 0.717) is 17.4 Å². The fourth-order valence-corrected chi connectivity index (χ4v) is 3.95. The number of carbonyl (C=O) groups is 1. The zero-order valence-corrected chi connectivity index (χ0v) is 12.9. The standard InChI is InChI=1S/C16H29NO2/c1-11-7-14(10-16(3,4)9-11)19-15(18)13-5-6-17-12(2)8-13/h11-14,17H,5-10H2,1-4H3. The van der Waals surface area contributed by atoms with Gasteiger partial charge in [-0.05, 0) is 56.9 Å². The van der Waals surface area contributed by atoms with E-state index in [1.807, 2.05) is 0 Å². The molecular formula is C16H29NO2. The van der Waals surface area contributed by atoms with Gasteiger partial charge in [0.05, 0.1) is 5.92 Å². The average molecular weight is 267 g/mol. The predicted octanol–water partition coefficient (Wildman–Crippen LogP) is 3.13. The van der Waals surface area contributed by atoms with Crippen LogP contribution in [0.5, 0.6) is 0 Å². The predicted molar refractivity (Wildman–Crippen MR) is 76.9 cm³/mol. The van der Waals surface area contributed by atoms with Gasteiger partial charge in [0.2, 0.25) is 0 Å². The summed E-state index contributed by atoms with van der Waals surface area (Å²) in [5.74, 6) is 0.813. The van der Waals surface area contributed by atoms with Crippen LogP contribution in [0.3, 0.4) is 0 Å². The summed E-state index contributed by atoms with van der Waals surface area (Å²) in [6.45, 7) is 9.93. The lowest BCUT2D eigenvalue weighted by molar-refractivity contribution is -0.159. The first kappa shape index (κ1) is 14.8. The first-order chi connectivity index (χ1) is 8.85. The lowest BCUT2D eigenvalue weighted by atomic mass is 9.71. The van der Waals surface area contributed by atoms with Crippen molar-refractivity contribution in [3.05, 3.63) is 0 Å². The molecule has 4 atom stereocenters. The van der Waals surface area contributed by atoms with Crippen LogP contribution < -0.4 is 5.32 Å². The number of nitrogens with one attached hydrogen (secondary N) is 1. The van der Waals surface area contributed by atoms with Gasteiger partial charge >= 0.3 is 5.97 Å². The molecular weight excluding hydrogens is 238 g/mol. The Hall–Kier alpha value is -0.570. The number of piperidine rings is 1. The molecule has 1 saturated heterocycles. The van der Waals surface area contributed by atoms with E-state index in [-0.39, 0.29) is 18.0 Å². The Kier molecular flexibility index (Phi) is 4.54. The van der Waals surface area contributed by atoms with E-state index in [0.717, 1.165) is 32.2 Å². The van der Waals surface area contributed by atoms with Gasteiger partial charge in [0.25, 0.3) is 0 Å². The van der Waals surface area contributed by atoms with E-state index >= 15 is 0 Å². The van der Waals surface area contributed by atoms with Gasteiger partial charge < -0.3 is 10.1 Å². The molecule has 1 aliphatic carbocycles. The van der Waals surface area contributed by atoms with Crippen molar-refractivity contribution in [2.24, 2.45) is 17.3 Å². The van der Waals surface area contributed by atoms with E-state index < -0.39 is 0 Å². The maximum absolute atomic E-state index is 12.3. The molecule has 3 nitrogen and oxygen atoms in total. The van der Waals surface area contributed by atoms with Crippen LogP contribution in [0.4, 0.5) is 0 Å². The van der Waals surface area contributed by atoms with Gasteiger partial charge in [-0.15, -0.1) is 0 Å². The minimum atomic E-state index is 0.0447. The third-order valence-electron chi connectivity index (χ3n) is 4.59. The van der Waals surface area contributed by atoms with Gasteiger partial charge in [-0.3, -0.25) is 4.79 Å². The summed E-state index contributed by atoms with van der Waals surface area (Å²) in [6.07, 6.45) is 5.28. The first-order valence-electron chi connectivity index (χ1n) is 7.79. The van der Waals surface area contributed by atoms with E-state index in [1.165, 1.54) is 6.42 Å². The third kappa shape index (κ3) is 4.20. The second kappa shape index (κ2) is 5.82. The van der Waals surface area contributed by atoms with Crippen LogP contribution in [0, 0.1) is 17.3 Å². The van der Waals surface area contributed by atoms with Crippen LogP contribution in [0.15, 0.2) is 0 Å². The molecule has 0 bridgehead atoms. The summed E-state index contributed by atoms with van der Waals surface area (Å²) in [5.41, 5.74) is 0.310. The zero-order valence-electron chi connectivity index (χ0n) is 12.9. The van der Waals surface area contributed by atoms with Crippen molar-refractivity contribution < 1.29 is 9.53 Å². The molecule has 2 aliphatic rings. The summed E-state index contributed by atoms with van der Waals surface area (Å²) < 4.78 is 5.82. The van der Waals surface area contributed by atoms with Gasteiger partial charge in [0.1, 0.15) is 6.10 Å². The van der Waals surface area contributed by atoms with E-state index in [4.69, 9.17) is 4.74 Å². The number of carbonyl (C=O) groups excluding carboxylic acids is 1. The molecule has 3 heteroatoms. The fraction of sp³-hybridized carbons (Fsp3) is 0.938. The van der Waals surface area contributed by atoms with Gasteiger partial charge in [0.15, 0.2) is 0 Å². The molecule has 0 aromatic heterocycles. The summed E-state index contributed by atoms with van der Waals surface area (Å²) in [6, 6.07) is 0.438. The van der Waals surface area contributed by atoms with Gasteiger partial charge in [0, 0.05) is 6.04 Å². The Morgan fingerprint density at radius 1 is 1.21 bits per heavy atom. The molecule has 1 saturated carbocycles. The molecule has 4 unspecified atom stereocenters. The Balaban J connectivity index is 1.87. The van der Waals surface area contributed by atoms with E-state index in [1.54, 1.807) is 0 Å². The van der Waals surface area contributed by atoms with Gasteiger partial charge in [-0.1, -0.05) is 20.8 Å². The minimum Gasteiger partial charge on any atom is -0.462 e. The molecule has 1 N–H and O–H groups in total. The minimum absolute atomic E-state index is 0.0447. The molecule has 0 aromatic rings. The van der Waals surface area contributed by atoms with Crippen molar-refractivity contribution >= 4 is 5.97 Å². The van der Waals surface area contributed by atoms with Crippen molar-refractivity contribution in [2.75, 3.05) is 6.54 Å². The van der Waals surface area contributed by atoms with Crippen LogP contribution in [-0.4, -0.2) is 24.7 Å². The Morgan fingerprint density at radius 3 is 2.58 bits per heavy atom. The van der Waals surface area contributed by atoms with Crippen LogP contribution in [-0.2, 0) is 9.53 Å². The monoisotopic (exact) mass is 267 g/mol. The molecule has 0 aromatic carbocycles. The molecule has 2 fully saturated rings. The third-order valence-corrected chi connectivity index (χ3v) is 4.59. The highest BCUT2D eigenvalue weighted by molar-refractivity contribution is 5.72. The highest BCUT2D eigenvalue weighted by Gasteiger charge is 2.35. The summed E-state index contributed by atoms with van der Waals surface area (Å²) in [7, 11) is 0. The van der Waals surface area contributed by atoms with Crippen LogP contribution >= 0.6 is 0 Å². The summed E-state index contributed by atoms with van der Waals surface area (Å²) in [5, 5.41) is 3.38. The Morgan fingerprint density at radius 2 is 1.95 bits per heavy atom. The van der Waals surface area contributed by atoms with Gasteiger partial charge in [-0.2, -0.15) is 0 Å². The average Bonchev–Trinajstić information content (AvgIpc) is 2.25. The molecule has 0 spiro atoms. The lowest BCUT2D eigenvalue weighted by Crippen LogP contribution is -2.41. The number of esters is 1. The summed E-state index contributed by atoms with van der Waals surface area (Å²) >= 11 is 0. The molecule has 1 heterocycles. The zero-order chi connectivity index (χ0) is 14.0. The highest BCUT2D eigenvalue weighted by atomic mass is 16.5.